The van der Waals surface area contributed by atoms with Crippen LogP contribution in [0.3, 0.4) is 0 Å². The summed E-state index contributed by atoms with van der Waals surface area (Å²) in [5.74, 6) is -0.907. The fourth-order valence-corrected chi connectivity index (χ4v) is 2.48. The van der Waals surface area contributed by atoms with Crippen LogP contribution in [-0.4, -0.2) is 11.1 Å². The Kier molecular flexibility index (Phi) is 3.89. The molecule has 1 aromatic carbocycles. The van der Waals surface area contributed by atoms with E-state index in [0.29, 0.717) is 11.1 Å². The quantitative estimate of drug-likeness (QED) is 0.819. The molecule has 0 amide bonds. The molecule has 14 heavy (non-hydrogen) atoms. The summed E-state index contributed by atoms with van der Waals surface area (Å²) in [5.41, 5.74) is 1.12. The molecule has 1 N–H and O–H groups in total. The van der Waals surface area contributed by atoms with Gasteiger partial charge in [0.05, 0.1) is 12.0 Å². The van der Waals surface area contributed by atoms with Crippen molar-refractivity contribution in [3.63, 3.8) is 0 Å². The Bertz CT molecular complexity index is 426. The number of carbonyl (C=O) groups is 1. The molecule has 0 spiro atoms. The van der Waals surface area contributed by atoms with E-state index in [1.165, 1.54) is 0 Å². The molecule has 0 saturated carbocycles. The summed E-state index contributed by atoms with van der Waals surface area (Å²) in [5, 5.41) is 17.4. The van der Waals surface area contributed by atoms with Crippen LogP contribution in [0.1, 0.15) is 11.1 Å². The minimum atomic E-state index is -0.907. The van der Waals surface area contributed by atoms with Crippen molar-refractivity contribution in [1.82, 2.24) is 0 Å². The zero-order valence-corrected chi connectivity index (χ0v) is 10.7. The summed E-state index contributed by atoms with van der Waals surface area (Å²) in [6.45, 7) is 0. The van der Waals surface area contributed by atoms with Gasteiger partial charge in [-0.3, -0.25) is 4.79 Å². The Morgan fingerprint density at radius 1 is 1.64 bits per heavy atom. The number of carboxylic acid groups (broad SMARTS) is 1. The van der Waals surface area contributed by atoms with Crippen molar-refractivity contribution in [2.75, 3.05) is 0 Å². The van der Waals surface area contributed by atoms with Crippen LogP contribution in [0.2, 0.25) is 0 Å². The van der Waals surface area contributed by atoms with E-state index in [2.05, 4.69) is 15.9 Å². The van der Waals surface area contributed by atoms with Gasteiger partial charge in [-0.25, -0.2) is 0 Å². The summed E-state index contributed by atoms with van der Waals surface area (Å²) in [4.78, 5) is 10.5. The third-order valence-corrected chi connectivity index (χ3v) is 3.23. The third-order valence-electron chi connectivity index (χ3n) is 1.60. The fourth-order valence-electron chi connectivity index (χ4n) is 0.978. The largest absolute Gasteiger partial charge is 0.481 e. The maximum atomic E-state index is 10.5. The molecular weight excluding hydrogens is 361 g/mol. The van der Waals surface area contributed by atoms with Crippen LogP contribution in [0.25, 0.3) is 0 Å². The molecule has 72 valence electrons. The Morgan fingerprint density at radius 2 is 2.29 bits per heavy atom. The number of hydrogen-bond acceptors (Lipinski definition) is 2. The molecule has 0 unspecified atom stereocenters. The first-order valence-corrected chi connectivity index (χ1v) is 5.51. The van der Waals surface area contributed by atoms with E-state index in [1.54, 1.807) is 12.1 Å². The van der Waals surface area contributed by atoms with Crippen LogP contribution in [0.4, 0.5) is 0 Å². The van der Waals surface area contributed by atoms with Crippen molar-refractivity contribution in [2.45, 2.75) is 6.42 Å². The van der Waals surface area contributed by atoms with Crippen molar-refractivity contribution >= 4 is 44.5 Å². The van der Waals surface area contributed by atoms with Crippen molar-refractivity contribution in [3.8, 4) is 6.07 Å². The molecular formula is C9H5BrINO2. The molecule has 0 saturated heterocycles. The van der Waals surface area contributed by atoms with Gasteiger partial charge in [-0.1, -0.05) is 15.9 Å². The zero-order chi connectivity index (χ0) is 10.7. The molecule has 3 nitrogen and oxygen atoms in total. The summed E-state index contributed by atoms with van der Waals surface area (Å²) in [6, 6.07) is 5.36. The van der Waals surface area contributed by atoms with Gasteiger partial charge in [0.25, 0.3) is 0 Å². The molecule has 0 bridgehead atoms. The van der Waals surface area contributed by atoms with Crippen LogP contribution >= 0.6 is 38.5 Å². The average Bonchev–Trinajstić information content (AvgIpc) is 2.09. The molecule has 5 heteroatoms. The Balaban J connectivity index is 3.19. The van der Waals surface area contributed by atoms with Gasteiger partial charge in [-0.15, -0.1) is 0 Å². The SMILES string of the molecule is N#Cc1cc(CC(=O)O)c(Br)cc1I. The second kappa shape index (κ2) is 4.75. The lowest BCUT2D eigenvalue weighted by Gasteiger charge is -2.03. The molecule has 0 heterocycles. The van der Waals surface area contributed by atoms with E-state index in [9.17, 15) is 4.79 Å². The molecule has 1 aromatic rings. The second-order valence-electron chi connectivity index (χ2n) is 2.61. The minimum absolute atomic E-state index is 0.0772. The normalized spacial score (nSPS) is 9.50. The topological polar surface area (TPSA) is 61.1 Å². The van der Waals surface area contributed by atoms with E-state index in [0.717, 1.165) is 8.04 Å². The highest BCUT2D eigenvalue weighted by Gasteiger charge is 2.09. The van der Waals surface area contributed by atoms with E-state index >= 15 is 0 Å². The third kappa shape index (κ3) is 2.69. The van der Waals surface area contributed by atoms with Crippen LogP contribution in [0.15, 0.2) is 16.6 Å². The summed E-state index contributed by atoms with van der Waals surface area (Å²) >= 11 is 5.30. The molecule has 0 aliphatic rings. The lowest BCUT2D eigenvalue weighted by molar-refractivity contribution is -0.136. The van der Waals surface area contributed by atoms with Crippen LogP contribution in [0.5, 0.6) is 0 Å². The highest BCUT2D eigenvalue weighted by atomic mass is 127. The van der Waals surface area contributed by atoms with Crippen molar-refractivity contribution in [1.29, 1.82) is 5.26 Å². The number of carboxylic acids is 1. The number of rotatable bonds is 2. The van der Waals surface area contributed by atoms with E-state index < -0.39 is 5.97 Å². The Morgan fingerprint density at radius 3 is 2.79 bits per heavy atom. The van der Waals surface area contributed by atoms with Gasteiger partial charge in [0.1, 0.15) is 6.07 Å². The predicted octanol–water partition coefficient (Wildman–Crippen LogP) is 2.55. The highest BCUT2D eigenvalue weighted by molar-refractivity contribution is 14.1. The number of hydrogen-bond donors (Lipinski definition) is 1. The van der Waals surface area contributed by atoms with Gasteiger partial charge in [0, 0.05) is 8.04 Å². The van der Waals surface area contributed by atoms with Gasteiger partial charge < -0.3 is 5.11 Å². The second-order valence-corrected chi connectivity index (χ2v) is 4.62. The maximum Gasteiger partial charge on any atom is 0.307 e. The number of halogens is 2. The monoisotopic (exact) mass is 365 g/mol. The van der Waals surface area contributed by atoms with Gasteiger partial charge in [-0.2, -0.15) is 5.26 Å². The zero-order valence-electron chi connectivity index (χ0n) is 6.92. The average molecular weight is 366 g/mol. The van der Waals surface area contributed by atoms with Crippen molar-refractivity contribution in [3.05, 3.63) is 31.3 Å². The molecule has 1 rings (SSSR count). The Hall–Kier alpha value is -0.610. The first-order valence-electron chi connectivity index (χ1n) is 3.64. The smallest absolute Gasteiger partial charge is 0.307 e. The lowest BCUT2D eigenvalue weighted by atomic mass is 10.1. The minimum Gasteiger partial charge on any atom is -0.481 e. The number of nitriles is 1. The lowest BCUT2D eigenvalue weighted by Crippen LogP contribution is -2.01. The molecule has 0 atom stereocenters. The van der Waals surface area contributed by atoms with Crippen molar-refractivity contribution in [2.24, 2.45) is 0 Å². The molecule has 0 aromatic heterocycles. The van der Waals surface area contributed by atoms with Crippen LogP contribution in [-0.2, 0) is 11.2 Å². The molecule has 0 aliphatic carbocycles. The Labute approximate surface area is 103 Å². The van der Waals surface area contributed by atoms with E-state index in [-0.39, 0.29) is 6.42 Å². The first kappa shape index (κ1) is 11.5. The molecule has 0 aliphatic heterocycles. The van der Waals surface area contributed by atoms with Gasteiger partial charge >= 0.3 is 5.97 Å². The van der Waals surface area contributed by atoms with Gasteiger partial charge in [-0.05, 0) is 40.3 Å². The predicted molar refractivity (Wildman–Crippen MR) is 62.9 cm³/mol. The van der Waals surface area contributed by atoms with Crippen molar-refractivity contribution < 1.29 is 9.90 Å². The number of aliphatic carboxylic acids is 1. The molecule has 0 radical (unpaired) electrons. The number of nitrogens with zero attached hydrogens (tertiary/aromatic N) is 1. The first-order chi connectivity index (χ1) is 6.54. The summed E-state index contributed by atoms with van der Waals surface area (Å²) < 4.78 is 1.54. The highest BCUT2D eigenvalue weighted by Crippen LogP contribution is 2.23. The van der Waals surface area contributed by atoms with E-state index in [4.69, 9.17) is 10.4 Å². The van der Waals surface area contributed by atoms with Gasteiger partial charge in [0.15, 0.2) is 0 Å². The van der Waals surface area contributed by atoms with Gasteiger partial charge in [0.2, 0.25) is 0 Å². The number of benzene rings is 1. The standard InChI is InChI=1S/C9H5BrINO2/c10-7-3-8(11)6(4-12)1-5(7)2-9(13)14/h1,3H,2H2,(H,13,14). The summed E-state index contributed by atoms with van der Waals surface area (Å²) in [7, 11) is 0. The van der Waals surface area contributed by atoms with E-state index in [1.807, 2.05) is 28.7 Å². The van der Waals surface area contributed by atoms with Crippen LogP contribution in [0, 0.1) is 14.9 Å². The fraction of sp³-hybridized carbons (Fsp3) is 0.111. The van der Waals surface area contributed by atoms with Crippen LogP contribution < -0.4 is 0 Å². The maximum absolute atomic E-state index is 10.5. The summed E-state index contributed by atoms with van der Waals surface area (Å²) in [6.07, 6.45) is -0.0772. The molecule has 0 fully saturated rings.